The molecular formula is C17H25N5O2. The number of hydrogen-bond acceptors (Lipinski definition) is 5. The molecule has 2 saturated heterocycles. The molecule has 0 saturated carbocycles. The van der Waals surface area contributed by atoms with Gasteiger partial charge in [-0.25, -0.2) is 0 Å². The molecular weight excluding hydrogens is 306 g/mol. The van der Waals surface area contributed by atoms with Crippen LogP contribution in [0.25, 0.3) is 0 Å². The van der Waals surface area contributed by atoms with E-state index in [1.54, 1.807) is 24.2 Å². The number of aromatic nitrogens is 2. The van der Waals surface area contributed by atoms with Crippen molar-refractivity contribution >= 4 is 11.8 Å². The van der Waals surface area contributed by atoms with Crippen LogP contribution in [0.2, 0.25) is 0 Å². The second kappa shape index (κ2) is 7.25. The van der Waals surface area contributed by atoms with Crippen molar-refractivity contribution in [3.05, 3.63) is 24.3 Å². The van der Waals surface area contributed by atoms with Crippen LogP contribution in [0.4, 0.5) is 0 Å². The van der Waals surface area contributed by atoms with E-state index in [0.717, 1.165) is 25.1 Å². The number of likely N-dealkylation sites (tertiary alicyclic amines) is 1. The lowest BCUT2D eigenvalue weighted by molar-refractivity contribution is -0.148. The number of piperazine rings is 1. The molecule has 0 aromatic carbocycles. The van der Waals surface area contributed by atoms with Crippen molar-refractivity contribution < 1.29 is 9.59 Å². The third-order valence-electron chi connectivity index (χ3n) is 5.08. The van der Waals surface area contributed by atoms with E-state index < -0.39 is 0 Å². The summed E-state index contributed by atoms with van der Waals surface area (Å²) in [6.45, 7) is 5.03. The first-order valence-electron chi connectivity index (χ1n) is 8.56. The molecule has 1 atom stereocenters. The fourth-order valence-corrected chi connectivity index (χ4v) is 3.64. The molecule has 3 rings (SSSR count). The normalized spacial score (nSPS) is 23.3. The van der Waals surface area contributed by atoms with Gasteiger partial charge in [0.1, 0.15) is 6.04 Å². The first kappa shape index (κ1) is 16.8. The Morgan fingerprint density at radius 1 is 1.12 bits per heavy atom. The predicted octanol–water partition coefficient (Wildman–Crippen LogP) is 0.345. The molecule has 2 amide bonds. The Morgan fingerprint density at radius 2 is 1.88 bits per heavy atom. The first-order chi connectivity index (χ1) is 11.6. The van der Waals surface area contributed by atoms with Gasteiger partial charge >= 0.3 is 0 Å². The highest BCUT2D eigenvalue weighted by atomic mass is 16.2. The summed E-state index contributed by atoms with van der Waals surface area (Å²) in [6.07, 6.45) is 7.00. The van der Waals surface area contributed by atoms with Crippen LogP contribution in [-0.2, 0) is 9.59 Å². The van der Waals surface area contributed by atoms with E-state index in [1.165, 1.54) is 0 Å². The van der Waals surface area contributed by atoms with Crippen LogP contribution in [0.1, 0.15) is 31.4 Å². The summed E-state index contributed by atoms with van der Waals surface area (Å²) in [4.78, 5) is 39.1. The first-order valence-corrected chi connectivity index (χ1v) is 8.56. The molecule has 1 unspecified atom stereocenters. The van der Waals surface area contributed by atoms with E-state index in [2.05, 4.69) is 14.9 Å². The highest BCUT2D eigenvalue weighted by Crippen LogP contribution is 2.27. The van der Waals surface area contributed by atoms with Crippen LogP contribution in [0.3, 0.4) is 0 Å². The van der Waals surface area contributed by atoms with Gasteiger partial charge in [0.15, 0.2) is 0 Å². The van der Waals surface area contributed by atoms with Gasteiger partial charge < -0.3 is 14.7 Å². The Balaban J connectivity index is 1.62. The minimum Gasteiger partial charge on any atom is -0.341 e. The highest BCUT2D eigenvalue weighted by Gasteiger charge is 2.36. The standard InChI is InChI=1S/C17H25N5O2/c1-13(23)22-10-9-20(2)12-16(22)17(24)21-7-3-14(4-8-21)15-11-18-5-6-19-15/h5-6,11,14,16H,3-4,7-10,12H2,1-2H3. The van der Waals surface area contributed by atoms with Crippen LogP contribution >= 0.6 is 0 Å². The SMILES string of the molecule is CC(=O)N1CCN(C)CC1C(=O)N1CCC(c2cnccn2)CC1. The zero-order valence-electron chi connectivity index (χ0n) is 14.4. The topological polar surface area (TPSA) is 69.6 Å². The van der Waals surface area contributed by atoms with Gasteiger partial charge in [0.05, 0.1) is 5.69 Å². The second-order valence-corrected chi connectivity index (χ2v) is 6.72. The Labute approximate surface area is 142 Å². The van der Waals surface area contributed by atoms with E-state index in [-0.39, 0.29) is 17.9 Å². The third kappa shape index (κ3) is 3.56. The van der Waals surface area contributed by atoms with Crippen LogP contribution in [0, 0.1) is 0 Å². The van der Waals surface area contributed by atoms with Crippen LogP contribution < -0.4 is 0 Å². The third-order valence-corrected chi connectivity index (χ3v) is 5.08. The maximum atomic E-state index is 12.9. The number of amides is 2. The van der Waals surface area contributed by atoms with Gasteiger partial charge in [-0.15, -0.1) is 0 Å². The van der Waals surface area contributed by atoms with Crippen molar-refractivity contribution in [1.29, 1.82) is 0 Å². The van der Waals surface area contributed by atoms with Crippen molar-refractivity contribution in [1.82, 2.24) is 24.7 Å². The maximum absolute atomic E-state index is 12.9. The van der Waals surface area contributed by atoms with E-state index in [4.69, 9.17) is 0 Å². The lowest BCUT2D eigenvalue weighted by atomic mass is 9.93. The van der Waals surface area contributed by atoms with Gasteiger partial charge in [-0.2, -0.15) is 0 Å². The molecule has 0 spiro atoms. The molecule has 24 heavy (non-hydrogen) atoms. The lowest BCUT2D eigenvalue weighted by Crippen LogP contribution is -2.60. The molecule has 130 valence electrons. The zero-order chi connectivity index (χ0) is 17.1. The van der Waals surface area contributed by atoms with Crippen LogP contribution in [0.5, 0.6) is 0 Å². The number of piperidine rings is 1. The number of nitrogens with zero attached hydrogens (tertiary/aromatic N) is 5. The highest BCUT2D eigenvalue weighted by molar-refractivity contribution is 5.87. The summed E-state index contributed by atoms with van der Waals surface area (Å²) in [6, 6.07) is -0.352. The van der Waals surface area contributed by atoms with Gasteiger partial charge in [0.2, 0.25) is 11.8 Å². The Bertz CT molecular complexity index is 586. The van der Waals surface area contributed by atoms with E-state index in [9.17, 15) is 9.59 Å². The molecule has 0 bridgehead atoms. The van der Waals surface area contributed by atoms with Crippen LogP contribution in [0.15, 0.2) is 18.6 Å². The average Bonchev–Trinajstić information content (AvgIpc) is 2.61. The molecule has 3 heterocycles. The summed E-state index contributed by atoms with van der Waals surface area (Å²) in [5.74, 6) is 0.422. The molecule has 2 aliphatic heterocycles. The van der Waals surface area contributed by atoms with E-state index in [0.29, 0.717) is 32.1 Å². The molecule has 1 aromatic rings. The zero-order valence-corrected chi connectivity index (χ0v) is 14.4. The van der Waals surface area contributed by atoms with Gasteiger partial charge in [0, 0.05) is 64.2 Å². The monoisotopic (exact) mass is 331 g/mol. The summed E-state index contributed by atoms with van der Waals surface area (Å²) in [5, 5.41) is 0. The lowest BCUT2D eigenvalue weighted by Gasteiger charge is -2.42. The quantitative estimate of drug-likeness (QED) is 0.782. The van der Waals surface area contributed by atoms with Gasteiger partial charge in [-0.05, 0) is 19.9 Å². The Kier molecular flexibility index (Phi) is 5.08. The smallest absolute Gasteiger partial charge is 0.246 e. The van der Waals surface area contributed by atoms with E-state index >= 15 is 0 Å². The van der Waals surface area contributed by atoms with Gasteiger partial charge in [0.25, 0.3) is 0 Å². The van der Waals surface area contributed by atoms with Crippen molar-refractivity contribution in [3.8, 4) is 0 Å². The van der Waals surface area contributed by atoms with E-state index in [1.807, 2.05) is 18.1 Å². The minimum atomic E-state index is -0.352. The molecule has 0 N–H and O–H groups in total. The van der Waals surface area contributed by atoms with Crippen molar-refractivity contribution in [2.75, 3.05) is 39.8 Å². The summed E-state index contributed by atoms with van der Waals surface area (Å²) in [7, 11) is 2.00. The number of carbonyl (C=O) groups is 2. The minimum absolute atomic E-state index is 0.0177. The van der Waals surface area contributed by atoms with Crippen molar-refractivity contribution in [2.24, 2.45) is 0 Å². The van der Waals surface area contributed by atoms with Crippen LogP contribution in [-0.4, -0.2) is 82.3 Å². The largest absolute Gasteiger partial charge is 0.341 e. The molecule has 0 radical (unpaired) electrons. The molecule has 2 aliphatic rings. The fourth-order valence-electron chi connectivity index (χ4n) is 3.64. The van der Waals surface area contributed by atoms with Crippen molar-refractivity contribution in [2.45, 2.75) is 31.7 Å². The molecule has 7 heteroatoms. The summed E-state index contributed by atoms with van der Waals surface area (Å²) >= 11 is 0. The number of likely N-dealkylation sites (N-methyl/N-ethyl adjacent to an activating group) is 1. The number of rotatable bonds is 2. The molecule has 0 aliphatic carbocycles. The molecule has 2 fully saturated rings. The van der Waals surface area contributed by atoms with Gasteiger partial charge in [-0.3, -0.25) is 19.6 Å². The second-order valence-electron chi connectivity index (χ2n) is 6.72. The molecule has 7 nitrogen and oxygen atoms in total. The predicted molar refractivity (Wildman–Crippen MR) is 89.3 cm³/mol. The average molecular weight is 331 g/mol. The van der Waals surface area contributed by atoms with Gasteiger partial charge in [-0.1, -0.05) is 0 Å². The Morgan fingerprint density at radius 3 is 2.50 bits per heavy atom. The fraction of sp³-hybridized carbons (Fsp3) is 0.647. The van der Waals surface area contributed by atoms with Crippen molar-refractivity contribution in [3.63, 3.8) is 0 Å². The number of carbonyl (C=O) groups excluding carboxylic acids is 2. The maximum Gasteiger partial charge on any atom is 0.246 e. The number of hydrogen-bond donors (Lipinski definition) is 0. The summed E-state index contributed by atoms with van der Waals surface area (Å²) in [5.41, 5.74) is 1.01. The summed E-state index contributed by atoms with van der Waals surface area (Å²) < 4.78 is 0. The Hall–Kier alpha value is -2.02. The molecule has 1 aromatic heterocycles.